The lowest BCUT2D eigenvalue weighted by atomic mass is 9.95. The fourth-order valence-electron chi connectivity index (χ4n) is 6.82. The van der Waals surface area contributed by atoms with Crippen molar-refractivity contribution in [2.75, 3.05) is 45.9 Å². The second kappa shape index (κ2) is 16.5. The predicted octanol–water partition coefficient (Wildman–Crippen LogP) is 7.04. The third-order valence-electron chi connectivity index (χ3n) is 9.50. The van der Waals surface area contributed by atoms with E-state index < -0.39 is 0 Å². The maximum absolute atomic E-state index is 14.2. The first-order chi connectivity index (χ1) is 24.0. The topological polar surface area (TPSA) is 74.8 Å². The highest BCUT2D eigenvalue weighted by atomic mass is 16.5. The average Bonchev–Trinajstić information content (AvgIpc) is 3.14. The van der Waals surface area contributed by atoms with Gasteiger partial charge in [-0.2, -0.15) is 0 Å². The predicted molar refractivity (Wildman–Crippen MR) is 197 cm³/mol. The van der Waals surface area contributed by atoms with E-state index in [9.17, 15) is 9.59 Å². The van der Waals surface area contributed by atoms with Crippen molar-refractivity contribution in [3.05, 3.63) is 137 Å². The number of carbonyl (C=O) groups excluding carboxylic acids is 2. The average molecular weight is 655 g/mol. The van der Waals surface area contributed by atoms with Gasteiger partial charge in [0.2, 0.25) is 0 Å². The largest absolute Gasteiger partial charge is 0.465 e. The summed E-state index contributed by atoms with van der Waals surface area (Å²) in [6.07, 6.45) is 1.77. The van der Waals surface area contributed by atoms with Gasteiger partial charge in [-0.25, -0.2) is 4.98 Å². The molecule has 0 radical (unpaired) electrons. The monoisotopic (exact) mass is 654 g/mol. The highest BCUT2D eigenvalue weighted by molar-refractivity contribution is 6.09. The summed E-state index contributed by atoms with van der Waals surface area (Å²) in [4.78, 5) is 37.1. The van der Waals surface area contributed by atoms with E-state index in [-0.39, 0.29) is 17.8 Å². The van der Waals surface area contributed by atoms with Gasteiger partial charge in [0.1, 0.15) is 0 Å². The summed E-state index contributed by atoms with van der Waals surface area (Å²) in [6, 6.07) is 36.5. The summed E-state index contributed by atoms with van der Waals surface area (Å²) in [6.45, 7) is 9.39. The fourth-order valence-corrected chi connectivity index (χ4v) is 6.82. The van der Waals surface area contributed by atoms with Gasteiger partial charge in [-0.1, -0.05) is 103 Å². The van der Waals surface area contributed by atoms with E-state index in [2.05, 4.69) is 58.4 Å². The lowest BCUT2D eigenvalue weighted by Crippen LogP contribution is -2.48. The van der Waals surface area contributed by atoms with Crippen LogP contribution in [-0.2, 0) is 22.5 Å². The minimum Gasteiger partial charge on any atom is -0.465 e. The number of rotatable bonds is 13. The minimum absolute atomic E-state index is 0.0608. The van der Waals surface area contributed by atoms with E-state index in [1.54, 1.807) is 0 Å². The number of amides is 1. The second-order valence-corrected chi connectivity index (χ2v) is 12.8. The molecule has 1 N–H and O–H groups in total. The Morgan fingerprint density at radius 1 is 0.816 bits per heavy atom. The number of ether oxygens (including phenoxy) is 1. The molecule has 2 heterocycles. The Morgan fingerprint density at radius 2 is 1.47 bits per heavy atom. The third kappa shape index (κ3) is 8.42. The van der Waals surface area contributed by atoms with Gasteiger partial charge in [-0.15, -0.1) is 0 Å². The molecule has 7 heteroatoms. The normalized spacial score (nSPS) is 14.4. The molecule has 1 amide bonds. The molecule has 0 bridgehead atoms. The van der Waals surface area contributed by atoms with Crippen molar-refractivity contribution in [2.24, 2.45) is 0 Å². The number of piperazine rings is 1. The Morgan fingerprint density at radius 3 is 2.20 bits per heavy atom. The highest BCUT2D eigenvalue weighted by Crippen LogP contribution is 2.32. The van der Waals surface area contributed by atoms with Crippen LogP contribution in [0.25, 0.3) is 22.2 Å². The molecule has 5 aromatic rings. The molecule has 0 aliphatic carbocycles. The van der Waals surface area contributed by atoms with Crippen LogP contribution >= 0.6 is 0 Å². The van der Waals surface area contributed by atoms with Gasteiger partial charge >= 0.3 is 5.97 Å². The van der Waals surface area contributed by atoms with Crippen LogP contribution in [0.2, 0.25) is 0 Å². The van der Waals surface area contributed by atoms with Crippen molar-refractivity contribution < 1.29 is 14.3 Å². The van der Waals surface area contributed by atoms with Crippen molar-refractivity contribution in [2.45, 2.75) is 39.2 Å². The van der Waals surface area contributed by atoms with Crippen LogP contribution in [0.1, 0.15) is 51.9 Å². The maximum atomic E-state index is 14.2. The van der Waals surface area contributed by atoms with E-state index in [0.29, 0.717) is 31.8 Å². The first-order valence-electron chi connectivity index (χ1n) is 17.5. The standard InChI is InChI=1S/C42H46N4O3/c1-3-49-42(48)36(33-17-6-4-7-18-33)29-45-25-27-46(28-26-45)30-37-39(41(47)43-24-14-21-32-16-11-10-15-31(32)2)35-22-12-13-23-38(35)44-40(37)34-19-8-5-9-20-34/h4-13,15-20,22-23,36H,3,14,21,24-30H2,1-2H3,(H,43,47)/t36-/m1/s1. The van der Waals surface area contributed by atoms with Crippen molar-refractivity contribution in [1.29, 1.82) is 0 Å². The summed E-state index contributed by atoms with van der Waals surface area (Å²) in [5.74, 6) is -0.571. The molecule has 6 rings (SSSR count). The van der Waals surface area contributed by atoms with Crippen LogP contribution < -0.4 is 5.32 Å². The Hall–Kier alpha value is -4.85. The molecular weight excluding hydrogens is 608 g/mol. The van der Waals surface area contributed by atoms with Crippen molar-refractivity contribution in [3.63, 3.8) is 0 Å². The molecular formula is C42H46N4O3. The zero-order valence-electron chi connectivity index (χ0n) is 28.6. The van der Waals surface area contributed by atoms with Crippen LogP contribution in [0.15, 0.2) is 109 Å². The maximum Gasteiger partial charge on any atom is 0.314 e. The Kier molecular flexibility index (Phi) is 11.5. The van der Waals surface area contributed by atoms with Gasteiger partial charge in [-0.05, 0) is 49.4 Å². The van der Waals surface area contributed by atoms with E-state index in [4.69, 9.17) is 9.72 Å². The molecule has 1 atom stereocenters. The number of nitrogens with one attached hydrogen (secondary N) is 1. The second-order valence-electron chi connectivity index (χ2n) is 12.8. The molecule has 0 unspecified atom stereocenters. The van der Waals surface area contributed by atoms with Crippen LogP contribution in [0.5, 0.6) is 0 Å². The molecule has 7 nitrogen and oxygen atoms in total. The molecule has 1 saturated heterocycles. The Balaban J connectivity index is 1.23. The number of nitrogens with zero attached hydrogens (tertiary/aromatic N) is 3. The number of benzene rings is 4. The smallest absolute Gasteiger partial charge is 0.314 e. The number of fused-ring (bicyclic) bond motifs is 1. The van der Waals surface area contributed by atoms with E-state index in [1.807, 2.05) is 79.7 Å². The summed E-state index contributed by atoms with van der Waals surface area (Å²) in [5.41, 5.74) is 7.88. The molecule has 49 heavy (non-hydrogen) atoms. The van der Waals surface area contributed by atoms with Gasteiger partial charge in [0.25, 0.3) is 5.91 Å². The Labute approximate surface area is 289 Å². The Bertz CT molecular complexity index is 1850. The van der Waals surface area contributed by atoms with Crippen LogP contribution in [0.3, 0.4) is 0 Å². The molecule has 1 aromatic heterocycles. The van der Waals surface area contributed by atoms with Gasteiger partial charge in [0.15, 0.2) is 0 Å². The van der Waals surface area contributed by atoms with Gasteiger partial charge in [-0.3, -0.25) is 19.4 Å². The number of esters is 1. The molecule has 1 fully saturated rings. The fraction of sp³-hybridized carbons (Fsp3) is 0.310. The molecule has 0 saturated carbocycles. The summed E-state index contributed by atoms with van der Waals surface area (Å²) < 4.78 is 5.47. The van der Waals surface area contributed by atoms with Gasteiger partial charge in [0.05, 0.1) is 29.3 Å². The van der Waals surface area contributed by atoms with Gasteiger partial charge < -0.3 is 10.1 Å². The summed E-state index contributed by atoms with van der Waals surface area (Å²) in [5, 5.41) is 4.13. The SMILES string of the molecule is CCOC(=O)[C@H](CN1CCN(Cc2c(-c3ccccc3)nc3ccccc3c2C(=O)NCCCc2ccccc2C)CC1)c1ccccc1. The van der Waals surface area contributed by atoms with Gasteiger partial charge in [0, 0.05) is 62.3 Å². The molecule has 4 aromatic carbocycles. The van der Waals surface area contributed by atoms with Crippen molar-refractivity contribution in [3.8, 4) is 11.3 Å². The molecule has 252 valence electrons. The van der Waals surface area contributed by atoms with Crippen LogP contribution in [0.4, 0.5) is 0 Å². The number of pyridine rings is 1. The first-order valence-corrected chi connectivity index (χ1v) is 17.5. The van der Waals surface area contributed by atoms with E-state index in [1.165, 1.54) is 11.1 Å². The lowest BCUT2D eigenvalue weighted by Gasteiger charge is -2.36. The zero-order chi connectivity index (χ0) is 34.0. The molecule has 1 aliphatic heterocycles. The third-order valence-corrected chi connectivity index (χ3v) is 9.50. The van der Waals surface area contributed by atoms with E-state index in [0.717, 1.165) is 72.3 Å². The van der Waals surface area contributed by atoms with Crippen molar-refractivity contribution >= 4 is 22.8 Å². The molecule has 1 aliphatic rings. The number of aromatic nitrogens is 1. The number of para-hydroxylation sites is 1. The minimum atomic E-state index is -0.330. The number of carbonyl (C=O) groups is 2. The van der Waals surface area contributed by atoms with E-state index >= 15 is 0 Å². The number of hydrogen-bond donors (Lipinski definition) is 1. The summed E-state index contributed by atoms with van der Waals surface area (Å²) >= 11 is 0. The zero-order valence-corrected chi connectivity index (χ0v) is 28.6. The summed E-state index contributed by atoms with van der Waals surface area (Å²) in [7, 11) is 0. The van der Waals surface area contributed by atoms with Crippen molar-refractivity contribution in [1.82, 2.24) is 20.1 Å². The highest BCUT2D eigenvalue weighted by Gasteiger charge is 2.29. The first kappa shape index (κ1) is 34.0. The quantitative estimate of drug-likeness (QED) is 0.109. The molecule has 0 spiro atoms. The van der Waals surface area contributed by atoms with Crippen LogP contribution in [-0.4, -0.2) is 72.5 Å². The number of aryl methyl sites for hydroxylation is 2. The van der Waals surface area contributed by atoms with Crippen LogP contribution in [0, 0.1) is 6.92 Å². The number of hydrogen-bond acceptors (Lipinski definition) is 6. The lowest BCUT2D eigenvalue weighted by molar-refractivity contribution is -0.145.